The Morgan fingerprint density at radius 2 is 0.875 bits per heavy atom. The van der Waals surface area contributed by atoms with Crippen molar-refractivity contribution in [3.63, 3.8) is 0 Å². The van der Waals surface area contributed by atoms with Crippen molar-refractivity contribution in [1.82, 2.24) is 0 Å². The van der Waals surface area contributed by atoms with E-state index in [1.807, 2.05) is 0 Å². The van der Waals surface area contributed by atoms with Crippen LogP contribution in [0.3, 0.4) is 0 Å². The number of phosphoric acid groups is 1. The molecule has 0 radical (unpaired) electrons. The van der Waals surface area contributed by atoms with Crippen molar-refractivity contribution in [1.29, 1.82) is 0 Å². The van der Waals surface area contributed by atoms with Crippen LogP contribution in [-0.2, 0) is 55.8 Å². The summed E-state index contributed by atoms with van der Waals surface area (Å²) in [6.07, 6.45) is 0. The predicted octanol–water partition coefficient (Wildman–Crippen LogP) is -2.83. The average Bonchev–Trinajstić information content (AvgIpc) is 0.722. The van der Waals surface area contributed by atoms with Crippen molar-refractivity contribution in [3.05, 3.63) is 0 Å². The van der Waals surface area contributed by atoms with Gasteiger partial charge in [-0.2, -0.15) is 7.82 Å². The Hall–Kier alpha value is 1.67. The first-order valence-electron chi connectivity index (χ1n) is 0.730. The van der Waals surface area contributed by atoms with Gasteiger partial charge in [0.15, 0.2) is 0 Å². The number of rotatable bonds is 0. The van der Waals surface area contributed by atoms with Crippen molar-refractivity contribution in [3.8, 4) is 0 Å². The molecule has 0 spiro atoms. The summed E-state index contributed by atoms with van der Waals surface area (Å²) in [7, 11) is -5.39. The van der Waals surface area contributed by atoms with E-state index in [9.17, 15) is 0 Å². The van der Waals surface area contributed by atoms with Gasteiger partial charge < -0.3 is 19.2 Å². The van der Waals surface area contributed by atoms with Gasteiger partial charge >= 0.3 is 51.2 Å². The molecule has 0 aliphatic heterocycles. The van der Waals surface area contributed by atoms with Gasteiger partial charge in [0.25, 0.3) is 0 Å². The number of hydrogen-bond acceptors (Lipinski definition) is 4. The maximum absolute atomic E-state index is 8.55. The summed E-state index contributed by atoms with van der Waals surface area (Å²) >= 11 is 0. The Balaban J connectivity index is -0.0000000267. The molecule has 0 aromatic heterocycles. The average molecular weight is 286 g/mol. The van der Waals surface area contributed by atoms with Crippen LogP contribution in [0.4, 0.5) is 0 Å². The molecule has 0 aliphatic carbocycles. The Kier molecular flexibility index (Phi) is 24.5. The summed E-state index contributed by atoms with van der Waals surface area (Å²) < 4.78 is 8.55. The standard InChI is InChI=1S/3Cu.H3O4P/c;;;1-5(2,3)4/h;;;(H3,1,2,3,4)/q3*+1;/p-3. The zero-order chi connectivity index (χ0) is 4.50. The fourth-order valence-corrected chi connectivity index (χ4v) is 0. The van der Waals surface area contributed by atoms with Crippen LogP contribution in [0.1, 0.15) is 0 Å². The summed E-state index contributed by atoms with van der Waals surface area (Å²) in [5.74, 6) is 0. The van der Waals surface area contributed by atoms with E-state index in [0.717, 1.165) is 0 Å². The van der Waals surface area contributed by atoms with Crippen LogP contribution in [0.2, 0.25) is 0 Å². The third-order valence-electron chi connectivity index (χ3n) is 0. The molecule has 0 heterocycles. The smallest absolute Gasteiger partial charge is 0.822 e. The topological polar surface area (TPSA) is 86.2 Å². The maximum Gasteiger partial charge on any atom is 1.00 e. The van der Waals surface area contributed by atoms with E-state index in [0.29, 0.717) is 0 Å². The Bertz CT molecular complexity index is 57.4. The van der Waals surface area contributed by atoms with Crippen LogP contribution >= 0.6 is 7.82 Å². The predicted molar refractivity (Wildman–Crippen MR) is 7.61 cm³/mol. The van der Waals surface area contributed by atoms with E-state index in [2.05, 4.69) is 0 Å². The van der Waals surface area contributed by atoms with Gasteiger partial charge in [-0.15, -0.1) is 0 Å². The van der Waals surface area contributed by atoms with Gasteiger partial charge in [0.2, 0.25) is 0 Å². The first kappa shape index (κ1) is 22.6. The molecule has 0 atom stereocenters. The Morgan fingerprint density at radius 1 is 0.875 bits per heavy atom. The molecule has 0 aromatic carbocycles. The quantitative estimate of drug-likeness (QED) is 0.355. The molecule has 8 heteroatoms. The molecule has 4 nitrogen and oxygen atoms in total. The van der Waals surface area contributed by atoms with E-state index in [1.54, 1.807) is 0 Å². The van der Waals surface area contributed by atoms with E-state index < -0.39 is 7.82 Å². The number of hydrogen-bond donors (Lipinski definition) is 0. The Morgan fingerprint density at radius 3 is 0.875 bits per heavy atom. The summed E-state index contributed by atoms with van der Waals surface area (Å²) in [6.45, 7) is 0. The van der Waals surface area contributed by atoms with Crippen molar-refractivity contribution in [2.45, 2.75) is 0 Å². The normalized spacial score (nSPS) is 7.38. The first-order valence-corrected chi connectivity index (χ1v) is 2.19. The Labute approximate surface area is 78.1 Å². The minimum atomic E-state index is -5.39. The molecule has 8 heavy (non-hydrogen) atoms. The summed E-state index contributed by atoms with van der Waals surface area (Å²) in [6, 6.07) is 0. The molecule has 0 fully saturated rings. The van der Waals surface area contributed by atoms with Crippen molar-refractivity contribution in [2.24, 2.45) is 0 Å². The minimum Gasteiger partial charge on any atom is -0.822 e. The minimum absolute atomic E-state index is 0. The zero-order valence-electron chi connectivity index (χ0n) is 2.98. The SMILES string of the molecule is O=P([O-])([O-])[O-].[Cu+].[Cu+].[Cu+]. The van der Waals surface area contributed by atoms with E-state index in [1.165, 1.54) is 0 Å². The first-order chi connectivity index (χ1) is 2.00. The molecule has 0 N–H and O–H groups in total. The summed E-state index contributed by atoms with van der Waals surface area (Å²) in [4.78, 5) is 25.6. The molecule has 0 unspecified atom stereocenters. The van der Waals surface area contributed by atoms with Crippen LogP contribution in [-0.4, -0.2) is 0 Å². The van der Waals surface area contributed by atoms with Gasteiger partial charge in [0.1, 0.15) is 0 Å². The van der Waals surface area contributed by atoms with Crippen LogP contribution in [0, 0.1) is 0 Å². The molecular weight excluding hydrogens is 286 g/mol. The molecule has 0 bridgehead atoms. The van der Waals surface area contributed by atoms with Gasteiger partial charge in [-0.25, -0.2) is 0 Å². The van der Waals surface area contributed by atoms with Gasteiger partial charge in [0.05, 0.1) is 0 Å². The molecule has 0 saturated carbocycles. The van der Waals surface area contributed by atoms with Gasteiger partial charge in [0, 0.05) is 0 Å². The zero-order valence-corrected chi connectivity index (χ0v) is 6.70. The van der Waals surface area contributed by atoms with Crippen molar-refractivity contribution in [2.75, 3.05) is 0 Å². The second kappa shape index (κ2) is 8.67. The summed E-state index contributed by atoms with van der Waals surface area (Å²) in [5.41, 5.74) is 0. The molecule has 0 amide bonds. The van der Waals surface area contributed by atoms with E-state index >= 15 is 0 Å². The van der Waals surface area contributed by atoms with Crippen molar-refractivity contribution >= 4 is 7.82 Å². The third-order valence-corrected chi connectivity index (χ3v) is 0. The monoisotopic (exact) mass is 284 g/mol. The fourth-order valence-electron chi connectivity index (χ4n) is 0. The summed E-state index contributed by atoms with van der Waals surface area (Å²) in [5, 5.41) is 0. The van der Waals surface area contributed by atoms with Crippen LogP contribution in [0.5, 0.6) is 0 Å². The molecule has 0 aliphatic rings. The molecular formula is Cu3O4P. The second-order valence-electron chi connectivity index (χ2n) is 0.447. The van der Waals surface area contributed by atoms with Gasteiger partial charge in [-0.1, -0.05) is 0 Å². The molecule has 0 saturated heterocycles. The third kappa shape index (κ3) is 122. The van der Waals surface area contributed by atoms with Crippen LogP contribution in [0.25, 0.3) is 0 Å². The van der Waals surface area contributed by atoms with Gasteiger partial charge in [-0.3, -0.25) is 0 Å². The maximum atomic E-state index is 8.55. The molecule has 0 rings (SSSR count). The van der Waals surface area contributed by atoms with E-state index in [4.69, 9.17) is 19.2 Å². The molecule has 0 aromatic rings. The largest absolute Gasteiger partial charge is 1.00 e. The second-order valence-corrected chi connectivity index (χ2v) is 1.34. The van der Waals surface area contributed by atoms with Crippen LogP contribution < -0.4 is 14.7 Å². The molecule has 62 valence electrons. The van der Waals surface area contributed by atoms with E-state index in [-0.39, 0.29) is 51.2 Å². The van der Waals surface area contributed by atoms with Gasteiger partial charge in [-0.05, 0) is 0 Å². The van der Waals surface area contributed by atoms with Crippen LogP contribution in [0.15, 0.2) is 0 Å². The fraction of sp³-hybridized carbons (Fsp3) is 0. The van der Waals surface area contributed by atoms with Crippen molar-refractivity contribution < 1.29 is 70.5 Å².